The number of esters is 1. The van der Waals surface area contributed by atoms with Gasteiger partial charge in [0.05, 0.1) is 25.8 Å². The second-order valence-corrected chi connectivity index (χ2v) is 7.33. The fourth-order valence-electron chi connectivity index (χ4n) is 3.64. The Morgan fingerprint density at radius 2 is 1.84 bits per heavy atom. The molecule has 1 unspecified atom stereocenters. The molecule has 2 aromatic carbocycles. The Bertz CT molecular complexity index is 1050. The van der Waals surface area contributed by atoms with Crippen LogP contribution < -0.4 is 15.4 Å². The summed E-state index contributed by atoms with van der Waals surface area (Å²) in [5.74, 6) is -0.140. The van der Waals surface area contributed by atoms with E-state index >= 15 is 0 Å². The average molecular weight is 437 g/mol. The van der Waals surface area contributed by atoms with Gasteiger partial charge in [-0.15, -0.1) is 0 Å². The molecule has 0 saturated heterocycles. The maximum Gasteiger partial charge on any atom is 0.337 e. The van der Waals surface area contributed by atoms with Gasteiger partial charge in [0, 0.05) is 23.5 Å². The maximum atomic E-state index is 12.7. The standard InChI is InChI=1S/C24H27N3O5/c1-5-13-27-15(2)20(23(29)32-4)21(26-24(27)30)17-7-6-8-18(14-17)25-22(28)16-9-11-19(31-3)12-10-16/h6-12,14,21H,5,13H2,1-4H3,(H,25,28)(H,26,30). The van der Waals surface area contributed by atoms with Crippen molar-refractivity contribution in [1.82, 2.24) is 10.2 Å². The molecular weight excluding hydrogens is 410 g/mol. The molecule has 8 heteroatoms. The molecular formula is C24H27N3O5. The normalized spacial score (nSPS) is 15.8. The Hall–Kier alpha value is -3.81. The largest absolute Gasteiger partial charge is 0.497 e. The molecule has 2 N–H and O–H groups in total. The van der Waals surface area contributed by atoms with E-state index in [9.17, 15) is 14.4 Å². The number of rotatable bonds is 7. The fourth-order valence-corrected chi connectivity index (χ4v) is 3.64. The number of urea groups is 1. The van der Waals surface area contributed by atoms with Crippen LogP contribution in [0.4, 0.5) is 10.5 Å². The maximum absolute atomic E-state index is 12.7. The summed E-state index contributed by atoms with van der Waals surface area (Å²) < 4.78 is 10.1. The number of carbonyl (C=O) groups excluding carboxylic acids is 3. The first-order valence-corrected chi connectivity index (χ1v) is 10.3. The lowest BCUT2D eigenvalue weighted by molar-refractivity contribution is -0.136. The number of carbonyl (C=O) groups is 3. The first kappa shape index (κ1) is 22.9. The van der Waals surface area contributed by atoms with Gasteiger partial charge in [0.25, 0.3) is 5.91 Å². The molecule has 1 heterocycles. The van der Waals surface area contributed by atoms with Crippen LogP contribution in [-0.2, 0) is 9.53 Å². The van der Waals surface area contributed by atoms with E-state index < -0.39 is 12.0 Å². The zero-order valence-electron chi connectivity index (χ0n) is 18.6. The van der Waals surface area contributed by atoms with Crippen molar-refractivity contribution in [1.29, 1.82) is 0 Å². The van der Waals surface area contributed by atoms with Gasteiger partial charge in [-0.3, -0.25) is 9.69 Å². The first-order valence-electron chi connectivity index (χ1n) is 10.3. The van der Waals surface area contributed by atoms with Crippen LogP contribution >= 0.6 is 0 Å². The minimum Gasteiger partial charge on any atom is -0.497 e. The first-order chi connectivity index (χ1) is 15.4. The number of hydrogen-bond acceptors (Lipinski definition) is 5. The van der Waals surface area contributed by atoms with Gasteiger partial charge in [0.15, 0.2) is 0 Å². The Labute approximate surface area is 187 Å². The Balaban J connectivity index is 1.90. The Morgan fingerprint density at radius 3 is 2.47 bits per heavy atom. The second kappa shape index (κ2) is 10.00. The van der Waals surface area contributed by atoms with Crippen molar-refractivity contribution in [3.05, 3.63) is 70.9 Å². The summed E-state index contributed by atoms with van der Waals surface area (Å²) in [6.45, 7) is 4.19. The quantitative estimate of drug-likeness (QED) is 0.641. The van der Waals surface area contributed by atoms with E-state index in [0.717, 1.165) is 6.42 Å². The summed E-state index contributed by atoms with van der Waals surface area (Å²) in [5.41, 5.74) is 2.58. The third kappa shape index (κ3) is 4.74. The van der Waals surface area contributed by atoms with Gasteiger partial charge < -0.3 is 20.1 Å². The highest BCUT2D eigenvalue weighted by Gasteiger charge is 2.36. The zero-order chi connectivity index (χ0) is 23.3. The second-order valence-electron chi connectivity index (χ2n) is 7.33. The summed E-state index contributed by atoms with van der Waals surface area (Å²) >= 11 is 0. The summed E-state index contributed by atoms with van der Waals surface area (Å²) in [6.07, 6.45) is 0.747. The molecule has 0 radical (unpaired) electrons. The lowest BCUT2D eigenvalue weighted by Gasteiger charge is -2.35. The summed E-state index contributed by atoms with van der Waals surface area (Å²) in [6, 6.07) is 12.8. The molecule has 0 aliphatic carbocycles. The molecule has 0 spiro atoms. The number of amides is 3. The van der Waals surface area contributed by atoms with E-state index in [4.69, 9.17) is 9.47 Å². The highest BCUT2D eigenvalue weighted by molar-refractivity contribution is 6.04. The highest BCUT2D eigenvalue weighted by atomic mass is 16.5. The summed E-state index contributed by atoms with van der Waals surface area (Å²) in [7, 11) is 2.87. The smallest absolute Gasteiger partial charge is 0.337 e. The molecule has 1 atom stereocenters. The molecule has 1 aliphatic heterocycles. The summed E-state index contributed by atoms with van der Waals surface area (Å²) in [5, 5.41) is 5.74. The lowest BCUT2D eigenvalue weighted by Crippen LogP contribution is -2.48. The minimum atomic E-state index is -0.694. The number of nitrogens with zero attached hydrogens (tertiary/aromatic N) is 1. The van der Waals surface area contributed by atoms with Crippen LogP contribution in [0.15, 0.2) is 59.8 Å². The fraction of sp³-hybridized carbons (Fsp3) is 0.292. The van der Waals surface area contributed by atoms with E-state index in [1.54, 1.807) is 62.6 Å². The van der Waals surface area contributed by atoms with Gasteiger partial charge >= 0.3 is 12.0 Å². The summed E-state index contributed by atoms with van der Waals surface area (Å²) in [4.78, 5) is 39.4. The molecule has 0 fully saturated rings. The van der Waals surface area contributed by atoms with Crippen LogP contribution in [0.2, 0.25) is 0 Å². The van der Waals surface area contributed by atoms with Crippen molar-refractivity contribution in [2.45, 2.75) is 26.3 Å². The Morgan fingerprint density at radius 1 is 1.12 bits per heavy atom. The molecule has 0 aromatic heterocycles. The SMILES string of the molecule is CCCN1C(=O)NC(c2cccc(NC(=O)c3ccc(OC)cc3)c2)C(C(=O)OC)=C1C. The average Bonchev–Trinajstić information content (AvgIpc) is 2.81. The van der Waals surface area contributed by atoms with E-state index in [1.165, 1.54) is 12.0 Å². The predicted molar refractivity (Wildman–Crippen MR) is 120 cm³/mol. The molecule has 1 aliphatic rings. The zero-order valence-corrected chi connectivity index (χ0v) is 18.6. The third-order valence-electron chi connectivity index (χ3n) is 5.28. The van der Waals surface area contributed by atoms with Gasteiger partial charge in [0.2, 0.25) is 0 Å². The van der Waals surface area contributed by atoms with Gasteiger partial charge in [-0.2, -0.15) is 0 Å². The number of benzene rings is 2. The van der Waals surface area contributed by atoms with Crippen molar-refractivity contribution < 1.29 is 23.9 Å². The number of ether oxygens (including phenoxy) is 2. The van der Waals surface area contributed by atoms with Gasteiger partial charge in [-0.25, -0.2) is 9.59 Å². The van der Waals surface area contributed by atoms with Gasteiger partial charge in [-0.05, 0) is 55.3 Å². The minimum absolute atomic E-state index is 0.283. The van der Waals surface area contributed by atoms with E-state index in [1.807, 2.05) is 6.92 Å². The van der Waals surface area contributed by atoms with Crippen LogP contribution in [-0.4, -0.2) is 43.6 Å². The molecule has 32 heavy (non-hydrogen) atoms. The van der Waals surface area contributed by atoms with Crippen LogP contribution in [0.25, 0.3) is 0 Å². The van der Waals surface area contributed by atoms with Crippen molar-refractivity contribution in [2.75, 3.05) is 26.1 Å². The number of allylic oxidation sites excluding steroid dienone is 1. The van der Waals surface area contributed by atoms with Crippen molar-refractivity contribution >= 4 is 23.6 Å². The number of nitrogens with one attached hydrogen (secondary N) is 2. The highest BCUT2D eigenvalue weighted by Crippen LogP contribution is 2.32. The molecule has 3 rings (SSSR count). The molecule has 0 saturated carbocycles. The Kier molecular flexibility index (Phi) is 7.14. The third-order valence-corrected chi connectivity index (χ3v) is 5.28. The van der Waals surface area contributed by atoms with Crippen molar-refractivity contribution in [2.24, 2.45) is 0 Å². The molecule has 8 nitrogen and oxygen atoms in total. The number of hydrogen-bond donors (Lipinski definition) is 2. The topological polar surface area (TPSA) is 97.0 Å². The monoisotopic (exact) mass is 437 g/mol. The lowest BCUT2D eigenvalue weighted by atomic mass is 9.94. The predicted octanol–water partition coefficient (Wildman–Crippen LogP) is 3.87. The van der Waals surface area contributed by atoms with Gasteiger partial charge in [-0.1, -0.05) is 19.1 Å². The van der Waals surface area contributed by atoms with E-state index in [-0.39, 0.29) is 11.9 Å². The van der Waals surface area contributed by atoms with E-state index in [2.05, 4.69) is 10.6 Å². The van der Waals surface area contributed by atoms with Crippen molar-refractivity contribution in [3.8, 4) is 5.75 Å². The van der Waals surface area contributed by atoms with Crippen LogP contribution in [0.5, 0.6) is 5.75 Å². The molecule has 3 amide bonds. The molecule has 2 aromatic rings. The molecule has 0 bridgehead atoms. The molecule has 168 valence electrons. The van der Waals surface area contributed by atoms with Crippen LogP contribution in [0.1, 0.15) is 42.2 Å². The van der Waals surface area contributed by atoms with Crippen molar-refractivity contribution in [3.63, 3.8) is 0 Å². The van der Waals surface area contributed by atoms with Gasteiger partial charge in [0.1, 0.15) is 5.75 Å². The number of methoxy groups -OCH3 is 2. The van der Waals surface area contributed by atoms with Crippen LogP contribution in [0, 0.1) is 0 Å². The van der Waals surface area contributed by atoms with E-state index in [0.29, 0.717) is 40.4 Å². The number of anilines is 1. The van der Waals surface area contributed by atoms with Crippen LogP contribution in [0.3, 0.4) is 0 Å².